The summed E-state index contributed by atoms with van der Waals surface area (Å²) in [5.74, 6) is -0.465. The van der Waals surface area contributed by atoms with Crippen molar-refractivity contribution in [2.75, 3.05) is 14.2 Å². The Kier molecular flexibility index (Phi) is 3.66. The van der Waals surface area contributed by atoms with Crippen LogP contribution in [0.3, 0.4) is 0 Å². The van der Waals surface area contributed by atoms with Crippen LogP contribution < -0.4 is 9.47 Å². The minimum Gasteiger partial charge on any atom is -0.493 e. The Balaban J connectivity index is 2.65. The summed E-state index contributed by atoms with van der Waals surface area (Å²) in [5.41, 5.74) is 1.66. The van der Waals surface area contributed by atoms with Crippen LogP contribution in [0.5, 0.6) is 11.5 Å². The average molecular weight is 259 g/mol. The highest BCUT2D eigenvalue weighted by Crippen LogP contribution is 2.36. The van der Waals surface area contributed by atoms with Crippen LogP contribution in [0.4, 0.5) is 0 Å². The monoisotopic (exact) mass is 259 g/mol. The van der Waals surface area contributed by atoms with Gasteiger partial charge in [0.05, 0.1) is 14.2 Å². The predicted molar refractivity (Wildman–Crippen MR) is 69.7 cm³/mol. The predicted octanol–water partition coefficient (Wildman–Crippen LogP) is 2.46. The molecule has 98 valence electrons. The normalized spacial score (nSPS) is 10.0. The van der Waals surface area contributed by atoms with Gasteiger partial charge < -0.3 is 14.6 Å². The van der Waals surface area contributed by atoms with Gasteiger partial charge in [-0.05, 0) is 35.4 Å². The Labute approximate surface area is 110 Å². The van der Waals surface area contributed by atoms with Gasteiger partial charge in [-0.2, -0.15) is 0 Å². The Morgan fingerprint density at radius 3 is 2.32 bits per heavy atom. The molecule has 0 aliphatic carbocycles. The number of hydrogen-bond donors (Lipinski definition) is 1. The van der Waals surface area contributed by atoms with Crippen LogP contribution in [0, 0.1) is 0 Å². The van der Waals surface area contributed by atoms with Crippen LogP contribution in [0.1, 0.15) is 10.4 Å². The molecule has 1 aromatic heterocycles. The highest BCUT2D eigenvalue weighted by molar-refractivity contribution is 5.94. The fraction of sp³-hybridized carbons (Fsp3) is 0.143. The van der Waals surface area contributed by atoms with Gasteiger partial charge in [0.25, 0.3) is 0 Å². The van der Waals surface area contributed by atoms with Crippen molar-refractivity contribution in [1.29, 1.82) is 0 Å². The third-order valence-electron chi connectivity index (χ3n) is 2.72. The van der Waals surface area contributed by atoms with E-state index < -0.39 is 5.97 Å². The maximum absolute atomic E-state index is 11.3. The van der Waals surface area contributed by atoms with Crippen molar-refractivity contribution in [2.24, 2.45) is 0 Å². The molecule has 1 aromatic carbocycles. The number of hydrogen-bond acceptors (Lipinski definition) is 4. The molecular weight excluding hydrogens is 246 g/mol. The standard InChI is InChI=1S/C14H13NO4/c1-18-12-8-10(9-3-5-15-6-4-9)7-11(14(16)17)13(12)19-2/h3-8H,1-2H3,(H,16,17). The summed E-state index contributed by atoms with van der Waals surface area (Å²) in [6.45, 7) is 0. The molecule has 0 saturated heterocycles. The van der Waals surface area contributed by atoms with E-state index in [2.05, 4.69) is 4.98 Å². The molecule has 1 heterocycles. The van der Waals surface area contributed by atoms with Crippen molar-refractivity contribution < 1.29 is 19.4 Å². The lowest BCUT2D eigenvalue weighted by Crippen LogP contribution is -2.03. The summed E-state index contributed by atoms with van der Waals surface area (Å²) < 4.78 is 10.3. The summed E-state index contributed by atoms with van der Waals surface area (Å²) in [4.78, 5) is 15.2. The van der Waals surface area contributed by atoms with Gasteiger partial charge in [0.1, 0.15) is 5.56 Å². The first-order valence-electron chi connectivity index (χ1n) is 5.57. The van der Waals surface area contributed by atoms with Crippen LogP contribution in [0.15, 0.2) is 36.7 Å². The molecular formula is C14H13NO4. The number of benzene rings is 1. The van der Waals surface area contributed by atoms with Crippen molar-refractivity contribution in [3.05, 3.63) is 42.2 Å². The molecule has 1 N–H and O–H groups in total. The molecule has 19 heavy (non-hydrogen) atoms. The SMILES string of the molecule is COc1cc(-c2ccncc2)cc(C(=O)O)c1OC. The van der Waals surface area contributed by atoms with Crippen LogP contribution in [-0.2, 0) is 0 Å². The van der Waals surface area contributed by atoms with Crippen LogP contribution in [0.25, 0.3) is 11.1 Å². The van der Waals surface area contributed by atoms with Gasteiger partial charge in [-0.15, -0.1) is 0 Å². The number of ether oxygens (including phenoxy) is 2. The van der Waals surface area contributed by atoms with Crippen molar-refractivity contribution in [3.8, 4) is 22.6 Å². The van der Waals surface area contributed by atoms with Crippen molar-refractivity contribution >= 4 is 5.97 Å². The first-order valence-corrected chi connectivity index (χ1v) is 5.57. The average Bonchev–Trinajstić information content (AvgIpc) is 2.46. The van der Waals surface area contributed by atoms with E-state index in [1.807, 2.05) is 0 Å². The molecule has 0 amide bonds. The molecule has 0 saturated carbocycles. The van der Waals surface area contributed by atoms with E-state index >= 15 is 0 Å². The number of aromatic carboxylic acids is 1. The van der Waals surface area contributed by atoms with Crippen molar-refractivity contribution in [2.45, 2.75) is 0 Å². The van der Waals surface area contributed by atoms with Crippen LogP contribution >= 0.6 is 0 Å². The van der Waals surface area contributed by atoms with E-state index in [1.165, 1.54) is 14.2 Å². The van der Waals surface area contributed by atoms with Gasteiger partial charge >= 0.3 is 5.97 Å². The van der Waals surface area contributed by atoms with Gasteiger partial charge in [0.15, 0.2) is 11.5 Å². The van der Waals surface area contributed by atoms with Gasteiger partial charge in [-0.1, -0.05) is 0 Å². The highest BCUT2D eigenvalue weighted by atomic mass is 16.5. The highest BCUT2D eigenvalue weighted by Gasteiger charge is 2.18. The molecule has 0 aliphatic rings. The minimum absolute atomic E-state index is 0.0636. The van der Waals surface area contributed by atoms with Gasteiger partial charge in [0.2, 0.25) is 0 Å². The van der Waals surface area contributed by atoms with E-state index in [0.717, 1.165) is 11.1 Å². The quantitative estimate of drug-likeness (QED) is 0.913. The molecule has 0 atom stereocenters. The smallest absolute Gasteiger partial charge is 0.339 e. The molecule has 0 unspecified atom stereocenters. The molecule has 0 aliphatic heterocycles. The number of nitrogens with zero attached hydrogens (tertiary/aromatic N) is 1. The van der Waals surface area contributed by atoms with Crippen LogP contribution in [0.2, 0.25) is 0 Å². The fourth-order valence-electron chi connectivity index (χ4n) is 1.83. The molecule has 0 bridgehead atoms. The minimum atomic E-state index is -1.06. The van der Waals surface area contributed by atoms with Crippen molar-refractivity contribution in [3.63, 3.8) is 0 Å². The topological polar surface area (TPSA) is 68.7 Å². The molecule has 0 spiro atoms. The summed E-state index contributed by atoms with van der Waals surface area (Å²) in [5, 5.41) is 9.24. The van der Waals surface area contributed by atoms with E-state index in [1.54, 1.807) is 36.7 Å². The summed E-state index contributed by atoms with van der Waals surface area (Å²) in [7, 11) is 2.89. The Bertz CT molecular complexity index is 596. The number of carboxylic acids is 1. The molecule has 2 aromatic rings. The second-order valence-electron chi connectivity index (χ2n) is 3.80. The lowest BCUT2D eigenvalue weighted by molar-refractivity contribution is 0.0692. The summed E-state index contributed by atoms with van der Waals surface area (Å²) in [6.07, 6.45) is 3.29. The maximum Gasteiger partial charge on any atom is 0.339 e. The van der Waals surface area contributed by atoms with Gasteiger partial charge in [-0.3, -0.25) is 4.98 Å². The number of aromatic nitrogens is 1. The Hall–Kier alpha value is -2.56. The molecule has 2 rings (SSSR count). The lowest BCUT2D eigenvalue weighted by atomic mass is 10.0. The first-order chi connectivity index (χ1) is 9.17. The van der Waals surface area contributed by atoms with Gasteiger partial charge in [0, 0.05) is 12.4 Å². The van der Waals surface area contributed by atoms with E-state index in [0.29, 0.717) is 5.75 Å². The third-order valence-corrected chi connectivity index (χ3v) is 2.72. The van der Waals surface area contributed by atoms with E-state index in [-0.39, 0.29) is 11.3 Å². The summed E-state index contributed by atoms with van der Waals surface area (Å²) >= 11 is 0. The number of rotatable bonds is 4. The summed E-state index contributed by atoms with van der Waals surface area (Å²) in [6, 6.07) is 6.89. The lowest BCUT2D eigenvalue weighted by Gasteiger charge is -2.13. The largest absolute Gasteiger partial charge is 0.493 e. The second-order valence-corrected chi connectivity index (χ2v) is 3.80. The zero-order valence-electron chi connectivity index (χ0n) is 10.6. The second kappa shape index (κ2) is 5.39. The zero-order chi connectivity index (χ0) is 13.8. The zero-order valence-corrected chi connectivity index (χ0v) is 10.6. The Morgan fingerprint density at radius 2 is 1.79 bits per heavy atom. The number of methoxy groups -OCH3 is 2. The van der Waals surface area contributed by atoms with Crippen LogP contribution in [-0.4, -0.2) is 30.3 Å². The molecule has 0 radical (unpaired) electrons. The Morgan fingerprint density at radius 1 is 1.11 bits per heavy atom. The first kappa shape index (κ1) is 12.9. The van der Waals surface area contributed by atoms with E-state index in [9.17, 15) is 9.90 Å². The number of carboxylic acid groups (broad SMARTS) is 1. The number of carbonyl (C=O) groups is 1. The maximum atomic E-state index is 11.3. The van der Waals surface area contributed by atoms with Crippen molar-refractivity contribution in [1.82, 2.24) is 4.98 Å². The molecule has 0 fully saturated rings. The fourth-order valence-corrected chi connectivity index (χ4v) is 1.83. The number of pyridine rings is 1. The molecule has 5 heteroatoms. The van der Waals surface area contributed by atoms with Gasteiger partial charge in [-0.25, -0.2) is 4.79 Å². The third kappa shape index (κ3) is 2.49. The molecule has 5 nitrogen and oxygen atoms in total. The van der Waals surface area contributed by atoms with E-state index in [4.69, 9.17) is 9.47 Å².